The molecule has 0 amide bonds. The Morgan fingerprint density at radius 3 is 2.40 bits per heavy atom. The van der Waals surface area contributed by atoms with E-state index in [-0.39, 0.29) is 5.75 Å². The number of benzene rings is 2. The molecule has 0 saturated heterocycles. The number of aryl methyl sites for hydroxylation is 1. The van der Waals surface area contributed by atoms with Crippen LogP contribution in [-0.4, -0.2) is 5.11 Å². The fourth-order valence-electron chi connectivity index (χ4n) is 1.99. The van der Waals surface area contributed by atoms with Crippen molar-refractivity contribution >= 4 is 11.4 Å². The highest BCUT2D eigenvalue weighted by molar-refractivity contribution is 5.43. The predicted octanol–water partition coefficient (Wildman–Crippen LogP) is 5.54. The number of unbranched alkanes of at least 4 members (excludes halogenated alkanes) is 2. The SMILES string of the molecule is CCCCCc1cccc(N=Nc2ccc(O)cc2)c1. The van der Waals surface area contributed by atoms with E-state index in [1.165, 1.54) is 24.8 Å². The van der Waals surface area contributed by atoms with Crippen molar-refractivity contribution in [3.63, 3.8) is 0 Å². The fraction of sp³-hybridized carbons (Fsp3) is 0.294. The average Bonchev–Trinajstić information content (AvgIpc) is 2.47. The molecule has 2 rings (SSSR count). The maximum atomic E-state index is 9.21. The summed E-state index contributed by atoms with van der Waals surface area (Å²) in [6.07, 6.45) is 4.81. The van der Waals surface area contributed by atoms with Crippen molar-refractivity contribution in [1.29, 1.82) is 0 Å². The zero-order valence-corrected chi connectivity index (χ0v) is 11.8. The predicted molar refractivity (Wildman–Crippen MR) is 82.0 cm³/mol. The summed E-state index contributed by atoms with van der Waals surface area (Å²) >= 11 is 0. The van der Waals surface area contributed by atoms with Gasteiger partial charge in [-0.2, -0.15) is 10.2 Å². The summed E-state index contributed by atoms with van der Waals surface area (Å²) in [5, 5.41) is 17.6. The highest BCUT2D eigenvalue weighted by Crippen LogP contribution is 2.21. The summed E-state index contributed by atoms with van der Waals surface area (Å²) in [5.74, 6) is 0.238. The fourth-order valence-corrected chi connectivity index (χ4v) is 1.99. The molecule has 0 radical (unpaired) electrons. The maximum absolute atomic E-state index is 9.21. The van der Waals surface area contributed by atoms with Crippen molar-refractivity contribution in [3.05, 3.63) is 54.1 Å². The second-order valence-corrected chi connectivity index (χ2v) is 4.84. The Balaban J connectivity index is 2.01. The Bertz CT molecular complexity index is 561. The van der Waals surface area contributed by atoms with Gasteiger partial charge < -0.3 is 5.11 Å². The van der Waals surface area contributed by atoms with Crippen molar-refractivity contribution in [3.8, 4) is 5.75 Å². The van der Waals surface area contributed by atoms with Crippen LogP contribution in [-0.2, 0) is 6.42 Å². The van der Waals surface area contributed by atoms with E-state index in [1.54, 1.807) is 24.3 Å². The Morgan fingerprint density at radius 2 is 1.65 bits per heavy atom. The van der Waals surface area contributed by atoms with Gasteiger partial charge in [0.05, 0.1) is 11.4 Å². The molecule has 0 aliphatic carbocycles. The van der Waals surface area contributed by atoms with Crippen LogP contribution in [0.15, 0.2) is 58.8 Å². The van der Waals surface area contributed by atoms with Crippen LogP contribution >= 0.6 is 0 Å². The molecule has 0 bridgehead atoms. The first-order valence-electron chi connectivity index (χ1n) is 7.07. The molecule has 2 aromatic rings. The van der Waals surface area contributed by atoms with Crippen LogP contribution in [0.3, 0.4) is 0 Å². The van der Waals surface area contributed by atoms with Crippen LogP contribution in [0.1, 0.15) is 31.7 Å². The van der Waals surface area contributed by atoms with Crippen LogP contribution in [0.4, 0.5) is 11.4 Å². The molecule has 0 aliphatic heterocycles. The number of phenols is 1. The van der Waals surface area contributed by atoms with E-state index in [1.807, 2.05) is 12.1 Å². The van der Waals surface area contributed by atoms with Crippen molar-refractivity contribution in [2.75, 3.05) is 0 Å². The normalized spacial score (nSPS) is 11.1. The van der Waals surface area contributed by atoms with Gasteiger partial charge in [-0.05, 0) is 54.8 Å². The third kappa shape index (κ3) is 4.50. The summed E-state index contributed by atoms with van der Waals surface area (Å²) in [4.78, 5) is 0. The van der Waals surface area contributed by atoms with Crippen LogP contribution in [0.2, 0.25) is 0 Å². The number of aromatic hydroxyl groups is 1. The number of hydrogen-bond donors (Lipinski definition) is 1. The third-order valence-electron chi connectivity index (χ3n) is 3.11. The lowest BCUT2D eigenvalue weighted by molar-refractivity contribution is 0.475. The molecular formula is C17H20N2O. The number of hydrogen-bond acceptors (Lipinski definition) is 3. The van der Waals surface area contributed by atoms with Crippen LogP contribution in [0, 0.1) is 0 Å². The minimum Gasteiger partial charge on any atom is -0.508 e. The van der Waals surface area contributed by atoms with Gasteiger partial charge >= 0.3 is 0 Å². The largest absolute Gasteiger partial charge is 0.508 e. The summed E-state index contributed by atoms with van der Waals surface area (Å²) in [5.41, 5.74) is 2.91. The van der Waals surface area contributed by atoms with Gasteiger partial charge in [0.1, 0.15) is 5.75 Å². The van der Waals surface area contributed by atoms with Gasteiger partial charge in [-0.25, -0.2) is 0 Å². The van der Waals surface area contributed by atoms with Gasteiger partial charge in [0.25, 0.3) is 0 Å². The summed E-state index contributed by atoms with van der Waals surface area (Å²) in [6, 6.07) is 14.9. The monoisotopic (exact) mass is 268 g/mol. The molecule has 0 atom stereocenters. The molecule has 104 valence electrons. The van der Waals surface area contributed by atoms with Crippen molar-refractivity contribution in [2.24, 2.45) is 10.2 Å². The summed E-state index contributed by atoms with van der Waals surface area (Å²) in [7, 11) is 0. The number of nitrogens with zero attached hydrogens (tertiary/aromatic N) is 2. The zero-order chi connectivity index (χ0) is 14.2. The lowest BCUT2D eigenvalue weighted by Gasteiger charge is -2.01. The molecule has 2 aromatic carbocycles. The molecule has 0 heterocycles. The summed E-state index contributed by atoms with van der Waals surface area (Å²) < 4.78 is 0. The van der Waals surface area contributed by atoms with Crippen LogP contribution < -0.4 is 0 Å². The lowest BCUT2D eigenvalue weighted by atomic mass is 10.1. The molecule has 0 saturated carbocycles. The Morgan fingerprint density at radius 1 is 0.900 bits per heavy atom. The highest BCUT2D eigenvalue weighted by atomic mass is 16.3. The average molecular weight is 268 g/mol. The van der Waals surface area contributed by atoms with Crippen LogP contribution in [0.25, 0.3) is 0 Å². The van der Waals surface area contributed by atoms with E-state index in [4.69, 9.17) is 0 Å². The van der Waals surface area contributed by atoms with Gasteiger partial charge in [-0.1, -0.05) is 31.9 Å². The molecule has 0 fully saturated rings. The van der Waals surface area contributed by atoms with Crippen molar-refractivity contribution in [2.45, 2.75) is 32.6 Å². The second-order valence-electron chi connectivity index (χ2n) is 4.84. The van der Waals surface area contributed by atoms with Gasteiger partial charge in [-0.3, -0.25) is 0 Å². The van der Waals surface area contributed by atoms with Gasteiger partial charge in [0.2, 0.25) is 0 Å². The smallest absolute Gasteiger partial charge is 0.115 e. The summed E-state index contributed by atoms with van der Waals surface area (Å²) in [6.45, 7) is 2.21. The van der Waals surface area contributed by atoms with Crippen LogP contribution in [0.5, 0.6) is 5.75 Å². The molecule has 0 spiro atoms. The Hall–Kier alpha value is -2.16. The number of rotatable bonds is 6. The van der Waals surface area contributed by atoms with E-state index in [0.717, 1.165) is 17.8 Å². The molecule has 3 heteroatoms. The minimum atomic E-state index is 0.238. The quantitative estimate of drug-likeness (QED) is 0.542. The van der Waals surface area contributed by atoms with E-state index >= 15 is 0 Å². The van der Waals surface area contributed by atoms with Gasteiger partial charge in [0, 0.05) is 0 Å². The highest BCUT2D eigenvalue weighted by Gasteiger charge is 1.96. The molecule has 3 nitrogen and oxygen atoms in total. The first kappa shape index (κ1) is 14.3. The molecule has 0 unspecified atom stereocenters. The first-order chi connectivity index (χ1) is 9.78. The van der Waals surface area contributed by atoms with Gasteiger partial charge in [-0.15, -0.1) is 0 Å². The van der Waals surface area contributed by atoms with E-state index < -0.39 is 0 Å². The van der Waals surface area contributed by atoms with Crippen molar-refractivity contribution in [1.82, 2.24) is 0 Å². The lowest BCUT2D eigenvalue weighted by Crippen LogP contribution is -1.84. The van der Waals surface area contributed by atoms with Crippen molar-refractivity contribution < 1.29 is 5.11 Å². The maximum Gasteiger partial charge on any atom is 0.115 e. The second kappa shape index (κ2) is 7.43. The first-order valence-corrected chi connectivity index (χ1v) is 7.07. The molecule has 0 aliphatic rings. The molecule has 1 N–H and O–H groups in total. The van der Waals surface area contributed by atoms with E-state index in [0.29, 0.717) is 0 Å². The van der Waals surface area contributed by atoms with E-state index in [9.17, 15) is 5.11 Å². The number of phenolic OH excluding ortho intramolecular Hbond substituents is 1. The minimum absolute atomic E-state index is 0.238. The van der Waals surface area contributed by atoms with E-state index in [2.05, 4.69) is 29.3 Å². The Kier molecular flexibility index (Phi) is 5.30. The number of azo groups is 1. The molecular weight excluding hydrogens is 248 g/mol. The topological polar surface area (TPSA) is 45.0 Å². The molecule has 0 aromatic heterocycles. The molecule has 20 heavy (non-hydrogen) atoms. The zero-order valence-electron chi connectivity index (χ0n) is 11.8. The standard InChI is InChI=1S/C17H20N2O/c1-2-3-4-6-14-7-5-8-16(13-14)19-18-15-9-11-17(20)12-10-15/h5,7-13,20H,2-4,6H2,1H3. The Labute approximate surface area is 120 Å². The third-order valence-corrected chi connectivity index (χ3v) is 3.11. The van der Waals surface area contributed by atoms with Gasteiger partial charge in [0.15, 0.2) is 0 Å².